The van der Waals surface area contributed by atoms with Crippen LogP contribution in [0, 0.1) is 10.8 Å². The predicted octanol–water partition coefficient (Wildman–Crippen LogP) is 4.63. The second kappa shape index (κ2) is 5.69. The van der Waals surface area contributed by atoms with Crippen LogP contribution in [0.2, 0.25) is 0 Å². The molecule has 1 atom stereocenters. The van der Waals surface area contributed by atoms with E-state index in [0.717, 1.165) is 37.7 Å². The van der Waals surface area contributed by atoms with Gasteiger partial charge in [0, 0.05) is 35.8 Å². The number of aromatic amines is 1. The normalized spacial score (nSPS) is 32.2. The minimum absolute atomic E-state index is 0.0406. The Kier molecular flexibility index (Phi) is 3.64. The summed E-state index contributed by atoms with van der Waals surface area (Å²) < 4.78 is 14.6. The standard InChI is InChI=1S/C23H27FN2O2/c1-21(2,24)14-26-10-8-16-15-5-3-4-6-17(15)25-19(16)20(26)23-11-22(12-23,13-23)9-7-18(27)28/h3-7,9,20,25H,8,10-14H2,1-2H3,(H,27,28)/b9-7+. The molecule has 2 heterocycles. The fourth-order valence-electron chi connectivity index (χ4n) is 6.30. The number of halogens is 1. The number of carbonyl (C=O) groups is 1. The first-order chi connectivity index (χ1) is 13.2. The molecule has 3 saturated carbocycles. The summed E-state index contributed by atoms with van der Waals surface area (Å²) in [6.07, 6.45) is 7.09. The quantitative estimate of drug-likeness (QED) is 0.742. The summed E-state index contributed by atoms with van der Waals surface area (Å²) in [6.45, 7) is 4.60. The first kappa shape index (κ1) is 17.9. The number of fused-ring (bicyclic) bond motifs is 3. The van der Waals surface area contributed by atoms with Gasteiger partial charge in [0.15, 0.2) is 0 Å². The topological polar surface area (TPSA) is 56.3 Å². The number of allylic oxidation sites excluding steroid dienone is 1. The molecule has 1 unspecified atom stereocenters. The van der Waals surface area contributed by atoms with Crippen molar-refractivity contribution in [1.29, 1.82) is 0 Å². The van der Waals surface area contributed by atoms with Gasteiger partial charge in [0.25, 0.3) is 0 Å². The van der Waals surface area contributed by atoms with E-state index < -0.39 is 11.6 Å². The number of H-pyrrole nitrogens is 1. The molecule has 0 spiro atoms. The van der Waals surface area contributed by atoms with Crippen LogP contribution >= 0.6 is 0 Å². The summed E-state index contributed by atoms with van der Waals surface area (Å²) in [6, 6.07) is 8.60. The van der Waals surface area contributed by atoms with E-state index in [1.165, 1.54) is 22.7 Å². The molecule has 6 rings (SSSR count). The van der Waals surface area contributed by atoms with Crippen LogP contribution in [-0.4, -0.2) is 39.7 Å². The maximum atomic E-state index is 14.6. The average molecular weight is 382 g/mol. The fraction of sp³-hybridized carbons (Fsp3) is 0.522. The third-order valence-electron chi connectivity index (χ3n) is 6.99. The van der Waals surface area contributed by atoms with Crippen LogP contribution in [0.25, 0.3) is 10.9 Å². The Hall–Kier alpha value is -2.14. The lowest BCUT2D eigenvalue weighted by Gasteiger charge is -2.74. The molecule has 2 aromatic rings. The van der Waals surface area contributed by atoms with Gasteiger partial charge in [0.1, 0.15) is 5.67 Å². The second-order valence-electron chi connectivity index (χ2n) is 9.83. The first-order valence-electron chi connectivity index (χ1n) is 10.2. The number of carboxylic acid groups (broad SMARTS) is 1. The first-order valence-corrected chi connectivity index (χ1v) is 10.2. The molecule has 2 bridgehead atoms. The van der Waals surface area contributed by atoms with Crippen LogP contribution in [0.4, 0.5) is 4.39 Å². The van der Waals surface area contributed by atoms with E-state index in [2.05, 4.69) is 34.1 Å². The Morgan fingerprint density at radius 3 is 2.75 bits per heavy atom. The number of aromatic nitrogens is 1. The molecule has 28 heavy (non-hydrogen) atoms. The lowest BCUT2D eigenvalue weighted by Crippen LogP contribution is -2.67. The van der Waals surface area contributed by atoms with Gasteiger partial charge in [-0.25, -0.2) is 9.18 Å². The van der Waals surface area contributed by atoms with E-state index in [1.807, 2.05) is 6.08 Å². The van der Waals surface area contributed by atoms with Gasteiger partial charge in [-0.15, -0.1) is 0 Å². The lowest BCUT2D eigenvalue weighted by molar-refractivity contribution is -0.219. The van der Waals surface area contributed by atoms with E-state index in [1.54, 1.807) is 13.8 Å². The largest absolute Gasteiger partial charge is 0.478 e. The number of aliphatic carboxylic acids is 1. The van der Waals surface area contributed by atoms with Crippen LogP contribution in [0.15, 0.2) is 36.4 Å². The van der Waals surface area contributed by atoms with Gasteiger partial charge in [0.2, 0.25) is 0 Å². The number of benzene rings is 1. The van der Waals surface area contributed by atoms with Crippen molar-refractivity contribution in [2.24, 2.45) is 10.8 Å². The maximum absolute atomic E-state index is 14.6. The number of nitrogens with zero attached hydrogens (tertiary/aromatic N) is 1. The minimum Gasteiger partial charge on any atom is -0.478 e. The number of hydrogen-bond donors (Lipinski definition) is 2. The van der Waals surface area contributed by atoms with Gasteiger partial charge >= 0.3 is 5.97 Å². The zero-order valence-corrected chi connectivity index (χ0v) is 16.5. The number of nitrogens with one attached hydrogen (secondary N) is 1. The Balaban J connectivity index is 1.51. The molecule has 1 aromatic heterocycles. The van der Waals surface area contributed by atoms with Crippen molar-refractivity contribution < 1.29 is 14.3 Å². The van der Waals surface area contributed by atoms with Crippen LogP contribution in [-0.2, 0) is 11.2 Å². The maximum Gasteiger partial charge on any atom is 0.327 e. The van der Waals surface area contributed by atoms with Crippen molar-refractivity contribution in [2.75, 3.05) is 13.1 Å². The average Bonchev–Trinajstić information content (AvgIpc) is 2.90. The molecule has 0 radical (unpaired) electrons. The predicted molar refractivity (Wildman–Crippen MR) is 107 cm³/mol. The van der Waals surface area contributed by atoms with Gasteiger partial charge in [-0.05, 0) is 62.0 Å². The molecule has 3 fully saturated rings. The van der Waals surface area contributed by atoms with Crippen LogP contribution < -0.4 is 0 Å². The van der Waals surface area contributed by atoms with Crippen molar-refractivity contribution in [3.05, 3.63) is 47.7 Å². The molecular weight excluding hydrogens is 355 g/mol. The molecule has 0 saturated heterocycles. The van der Waals surface area contributed by atoms with Crippen LogP contribution in [0.1, 0.15) is 50.4 Å². The summed E-state index contributed by atoms with van der Waals surface area (Å²) in [4.78, 5) is 16.9. The fourth-order valence-corrected chi connectivity index (χ4v) is 6.30. The molecule has 2 N–H and O–H groups in total. The highest BCUT2D eigenvalue weighted by Gasteiger charge is 2.71. The van der Waals surface area contributed by atoms with Gasteiger partial charge in [0.05, 0.1) is 6.04 Å². The Morgan fingerprint density at radius 1 is 1.36 bits per heavy atom. The number of rotatable bonds is 5. The van der Waals surface area contributed by atoms with Crippen molar-refractivity contribution in [3.8, 4) is 0 Å². The highest BCUT2D eigenvalue weighted by atomic mass is 19.1. The van der Waals surface area contributed by atoms with Crippen molar-refractivity contribution in [2.45, 2.75) is 51.2 Å². The zero-order chi connectivity index (χ0) is 19.7. The molecule has 1 aromatic carbocycles. The smallest absolute Gasteiger partial charge is 0.327 e. The Bertz CT molecular complexity index is 964. The van der Waals surface area contributed by atoms with Crippen molar-refractivity contribution in [3.63, 3.8) is 0 Å². The van der Waals surface area contributed by atoms with Gasteiger partial charge < -0.3 is 10.1 Å². The van der Waals surface area contributed by atoms with E-state index >= 15 is 0 Å². The molecule has 148 valence electrons. The highest BCUT2D eigenvalue weighted by Crippen LogP contribution is 2.79. The van der Waals surface area contributed by atoms with Crippen molar-refractivity contribution >= 4 is 16.9 Å². The second-order valence-corrected chi connectivity index (χ2v) is 9.83. The molecule has 0 amide bonds. The van der Waals surface area contributed by atoms with Crippen LogP contribution in [0.5, 0.6) is 0 Å². The summed E-state index contributed by atoms with van der Waals surface area (Å²) >= 11 is 0. The number of para-hydroxylation sites is 1. The molecule has 1 aliphatic heterocycles. The highest BCUT2D eigenvalue weighted by molar-refractivity contribution is 5.85. The summed E-state index contributed by atoms with van der Waals surface area (Å²) in [7, 11) is 0. The van der Waals surface area contributed by atoms with E-state index in [-0.39, 0.29) is 16.9 Å². The zero-order valence-electron chi connectivity index (χ0n) is 16.5. The molecular formula is C23H27FN2O2. The van der Waals surface area contributed by atoms with Gasteiger partial charge in [-0.1, -0.05) is 24.3 Å². The summed E-state index contributed by atoms with van der Waals surface area (Å²) in [5.74, 6) is -0.879. The molecule has 3 aliphatic carbocycles. The van der Waals surface area contributed by atoms with Gasteiger partial charge in [-0.2, -0.15) is 0 Å². The van der Waals surface area contributed by atoms with E-state index in [9.17, 15) is 9.18 Å². The lowest BCUT2D eigenvalue weighted by atomic mass is 9.32. The minimum atomic E-state index is -1.24. The van der Waals surface area contributed by atoms with E-state index in [4.69, 9.17) is 5.11 Å². The Labute approximate surface area is 164 Å². The third kappa shape index (κ3) is 2.63. The molecule has 5 heteroatoms. The SMILES string of the molecule is CC(C)(F)CN1CCc2c([nH]c3ccccc23)C1C12CC(/C=C/C(=O)O)(C1)C2. The van der Waals surface area contributed by atoms with Crippen LogP contribution in [0.3, 0.4) is 0 Å². The Morgan fingerprint density at radius 2 is 2.07 bits per heavy atom. The molecule has 4 nitrogen and oxygen atoms in total. The van der Waals surface area contributed by atoms with Gasteiger partial charge in [-0.3, -0.25) is 4.90 Å². The summed E-state index contributed by atoms with van der Waals surface area (Å²) in [5.41, 5.74) is 2.72. The van der Waals surface area contributed by atoms with E-state index in [0.29, 0.717) is 6.54 Å². The number of hydrogen-bond acceptors (Lipinski definition) is 2. The third-order valence-corrected chi connectivity index (χ3v) is 6.99. The summed E-state index contributed by atoms with van der Waals surface area (Å²) in [5, 5.41) is 10.3. The number of carboxylic acids is 1. The molecule has 4 aliphatic rings. The monoisotopic (exact) mass is 382 g/mol. The number of alkyl halides is 1. The van der Waals surface area contributed by atoms with Crippen molar-refractivity contribution in [1.82, 2.24) is 9.88 Å².